The number of rotatable bonds is 14. The molecule has 2 atom stereocenters. The highest BCUT2D eigenvalue weighted by Gasteiger charge is 2.23. The van der Waals surface area contributed by atoms with Crippen molar-refractivity contribution >= 4 is 30.5 Å². The van der Waals surface area contributed by atoms with Crippen molar-refractivity contribution in [2.75, 3.05) is 6.54 Å². The van der Waals surface area contributed by atoms with Crippen LogP contribution >= 0.6 is 12.8 Å². The van der Waals surface area contributed by atoms with Crippen molar-refractivity contribution in [2.24, 2.45) is 16.8 Å². The van der Waals surface area contributed by atoms with Gasteiger partial charge >= 0.3 is 0 Å². The summed E-state index contributed by atoms with van der Waals surface area (Å²) in [6.45, 7) is 4.64. The largest absolute Gasteiger partial charge is 0.368 e. The number of thiol groups is 1. The molecule has 10 nitrogen and oxygen atoms in total. The first-order chi connectivity index (χ1) is 14.8. The molecule has 0 heterocycles. The predicted octanol–water partition coefficient (Wildman–Crippen LogP) is 1.46. The topological polar surface area (TPSA) is 164 Å². The first-order valence-electron chi connectivity index (χ1n) is 10.2. The van der Waals surface area contributed by atoms with Crippen LogP contribution in [0.15, 0.2) is 29.4 Å². The minimum Gasteiger partial charge on any atom is -0.368 e. The number of benzene rings is 1. The molecule has 1 unspecified atom stereocenters. The normalized spacial score (nSPS) is 12.5. The Morgan fingerprint density at radius 1 is 1.23 bits per heavy atom. The Morgan fingerprint density at radius 3 is 2.58 bits per heavy atom. The highest BCUT2D eigenvalue weighted by atomic mass is 32.1. The van der Waals surface area contributed by atoms with Gasteiger partial charge < -0.3 is 16.4 Å². The van der Waals surface area contributed by atoms with Crippen molar-refractivity contribution < 1.29 is 14.4 Å². The molecular weight excluding hydrogens is 418 g/mol. The molecule has 1 rings (SSSR count). The Hall–Kier alpha value is -2.75. The maximum Gasteiger partial charge on any atom is 0.251 e. The molecule has 3 amide bonds. The summed E-state index contributed by atoms with van der Waals surface area (Å²) in [5, 5.41) is 9.09. The van der Waals surface area contributed by atoms with Gasteiger partial charge in [-0.05, 0) is 49.3 Å². The number of carbonyl (C=O) groups excluding carboxylic acids is 3. The van der Waals surface area contributed by atoms with Gasteiger partial charge in [0.15, 0.2) is 0 Å². The van der Waals surface area contributed by atoms with Crippen LogP contribution in [0.2, 0.25) is 0 Å². The van der Waals surface area contributed by atoms with Crippen molar-refractivity contribution in [1.29, 1.82) is 5.53 Å². The van der Waals surface area contributed by atoms with Crippen molar-refractivity contribution in [3.63, 3.8) is 0 Å². The Bertz CT molecular complexity index is 797. The molecule has 1 aromatic rings. The van der Waals surface area contributed by atoms with Crippen LogP contribution in [0.4, 0.5) is 0 Å². The van der Waals surface area contributed by atoms with Crippen LogP contribution in [-0.4, -0.2) is 36.3 Å². The molecule has 0 aliphatic carbocycles. The quantitative estimate of drug-likeness (QED) is 0.109. The van der Waals surface area contributed by atoms with E-state index in [0.717, 1.165) is 5.56 Å². The monoisotopic (exact) mass is 450 g/mol. The van der Waals surface area contributed by atoms with E-state index in [0.29, 0.717) is 37.8 Å². The fraction of sp³-hybridized carbons (Fsp3) is 0.550. The van der Waals surface area contributed by atoms with Crippen LogP contribution in [0.3, 0.4) is 0 Å². The van der Waals surface area contributed by atoms with E-state index in [-0.39, 0.29) is 24.3 Å². The average molecular weight is 451 g/mol. The number of nitrogens with one attached hydrogen (secondary N) is 4. The third kappa shape index (κ3) is 10.2. The maximum absolute atomic E-state index is 12.3. The Labute approximate surface area is 187 Å². The first kappa shape index (κ1) is 26.3. The van der Waals surface area contributed by atoms with Gasteiger partial charge in [0.25, 0.3) is 5.91 Å². The molecular formula is C20H32N7O3S+. The molecule has 0 aromatic heterocycles. The summed E-state index contributed by atoms with van der Waals surface area (Å²) in [5.74, 6) is -0.846. The lowest BCUT2D eigenvalue weighted by molar-refractivity contribution is -0.128. The minimum absolute atomic E-state index is 0.221. The lowest BCUT2D eigenvalue weighted by Gasteiger charge is -2.21. The second kappa shape index (κ2) is 14.3. The van der Waals surface area contributed by atoms with Gasteiger partial charge in [-0.2, -0.15) is 0 Å². The predicted molar refractivity (Wildman–Crippen MR) is 120 cm³/mol. The zero-order chi connectivity index (χ0) is 23.2. The highest BCUT2D eigenvalue weighted by Crippen LogP contribution is 2.08. The van der Waals surface area contributed by atoms with Gasteiger partial charge in [0.05, 0.1) is 6.04 Å². The van der Waals surface area contributed by atoms with Gasteiger partial charge in [-0.3, -0.25) is 19.1 Å². The summed E-state index contributed by atoms with van der Waals surface area (Å²) < 4.78 is 2.66. The number of unbranched alkanes of at least 4 members (excludes halogenated alkanes) is 1. The molecule has 0 radical (unpaired) electrons. The molecule has 6 N–H and O–H groups in total. The van der Waals surface area contributed by atoms with E-state index in [2.05, 4.69) is 38.2 Å². The van der Waals surface area contributed by atoms with E-state index < -0.39 is 18.0 Å². The summed E-state index contributed by atoms with van der Waals surface area (Å²) in [6.07, 6.45) is 2.19. The Balaban J connectivity index is 2.45. The molecule has 170 valence electrons. The summed E-state index contributed by atoms with van der Waals surface area (Å²) in [7, 11) is 0. The summed E-state index contributed by atoms with van der Waals surface area (Å²) in [5.41, 5.74) is 13.4. The number of carbonyl (C=O) groups is 3. The second-order valence-electron chi connectivity index (χ2n) is 7.63. The molecule has 0 fully saturated rings. The zero-order valence-corrected chi connectivity index (χ0v) is 18.8. The van der Waals surface area contributed by atoms with Gasteiger partial charge in [0.2, 0.25) is 16.7 Å². The zero-order valence-electron chi connectivity index (χ0n) is 17.9. The highest BCUT2D eigenvalue weighted by molar-refractivity contribution is 7.78. The molecule has 0 saturated carbocycles. The van der Waals surface area contributed by atoms with Gasteiger partial charge in [-0.1, -0.05) is 38.8 Å². The average Bonchev–Trinajstić information content (AvgIpc) is 2.74. The van der Waals surface area contributed by atoms with E-state index in [1.807, 2.05) is 13.8 Å². The van der Waals surface area contributed by atoms with Crippen LogP contribution in [0.1, 0.15) is 55.5 Å². The number of hydrogen-bond acceptors (Lipinski definition) is 7. The minimum atomic E-state index is -0.776. The lowest BCUT2D eigenvalue weighted by Crippen LogP contribution is -2.50. The fourth-order valence-corrected chi connectivity index (χ4v) is 3.18. The molecule has 0 bridgehead atoms. The standard InChI is InChI=1S/C20H31N7O3S/c1-13(2)10-17(26-31)20(30)25-16(18(21)28)8-3-4-9-23-19(29)15-7-5-6-14(11-15)12-24-27-22/h5-7,11,13,16-17,22,26,31H,3-4,8-10,12H2,1-2H3,(H3-,21,23,25,28,29,30)/p+1/t16?,17-/m0/s1. The van der Waals surface area contributed by atoms with Gasteiger partial charge in [0.1, 0.15) is 23.2 Å². The second-order valence-corrected chi connectivity index (χ2v) is 7.88. The smallest absolute Gasteiger partial charge is 0.251 e. The third-order valence-corrected chi connectivity index (χ3v) is 4.87. The van der Waals surface area contributed by atoms with Crippen molar-refractivity contribution in [3.05, 3.63) is 35.4 Å². The summed E-state index contributed by atoms with van der Waals surface area (Å²) >= 11 is 3.99. The van der Waals surface area contributed by atoms with E-state index in [9.17, 15) is 14.4 Å². The van der Waals surface area contributed by atoms with Gasteiger partial charge in [-0.15, -0.1) is 0 Å². The molecule has 31 heavy (non-hydrogen) atoms. The summed E-state index contributed by atoms with van der Waals surface area (Å²) in [6, 6.07) is 5.66. The van der Waals surface area contributed by atoms with Crippen LogP contribution in [0.5, 0.6) is 0 Å². The Morgan fingerprint density at radius 2 is 1.97 bits per heavy atom. The van der Waals surface area contributed by atoms with E-state index in [1.54, 1.807) is 24.3 Å². The van der Waals surface area contributed by atoms with Gasteiger partial charge in [0, 0.05) is 12.1 Å². The molecule has 0 spiro atoms. The SMILES string of the molecule is CC(C)C[C@H](NS)C(=O)NC(CCCCNC(=O)c1cccc(CN=[N+]=N)c1)C(N)=O. The van der Waals surface area contributed by atoms with E-state index in [4.69, 9.17) is 11.3 Å². The maximum atomic E-state index is 12.3. The fourth-order valence-electron chi connectivity index (χ4n) is 2.95. The Kier molecular flexibility index (Phi) is 12.1. The van der Waals surface area contributed by atoms with Crippen molar-refractivity contribution in [2.45, 2.75) is 58.2 Å². The van der Waals surface area contributed by atoms with Crippen molar-refractivity contribution in [3.8, 4) is 0 Å². The molecule has 0 aliphatic rings. The van der Waals surface area contributed by atoms with Gasteiger partial charge in [-0.25, -0.2) is 0 Å². The molecule has 0 saturated heterocycles. The van der Waals surface area contributed by atoms with E-state index in [1.165, 1.54) is 0 Å². The number of hydrogen-bond donors (Lipinski definition) is 6. The van der Waals surface area contributed by atoms with Crippen LogP contribution in [-0.2, 0) is 16.1 Å². The molecule has 0 aliphatic heterocycles. The molecule has 1 aromatic carbocycles. The molecule has 11 heteroatoms. The number of primary amides is 1. The van der Waals surface area contributed by atoms with Crippen molar-refractivity contribution in [1.82, 2.24) is 20.3 Å². The number of nitrogens with zero attached hydrogens (tertiary/aromatic N) is 2. The third-order valence-electron chi connectivity index (χ3n) is 4.56. The van der Waals surface area contributed by atoms with E-state index >= 15 is 0 Å². The van der Waals surface area contributed by atoms with Crippen LogP contribution in [0.25, 0.3) is 0 Å². The number of amides is 3. The lowest BCUT2D eigenvalue weighted by atomic mass is 10.0. The first-order valence-corrected chi connectivity index (χ1v) is 10.6. The van der Waals surface area contributed by atoms with Crippen LogP contribution < -0.4 is 26.0 Å². The van der Waals surface area contributed by atoms with Crippen LogP contribution in [0, 0.1) is 11.4 Å². The number of nitrogens with two attached hydrogens (primary N) is 1. The summed E-state index contributed by atoms with van der Waals surface area (Å²) in [4.78, 5) is 39.3.